The van der Waals surface area contributed by atoms with E-state index in [0.717, 1.165) is 33.1 Å². The molecule has 0 N–H and O–H groups in total. The van der Waals surface area contributed by atoms with Crippen LogP contribution in [0.3, 0.4) is 0 Å². The molecule has 1 aliphatic rings. The van der Waals surface area contributed by atoms with Gasteiger partial charge in [0.1, 0.15) is 0 Å². The molecule has 0 saturated carbocycles. The van der Waals surface area contributed by atoms with E-state index in [9.17, 15) is 14.4 Å². The number of benzene rings is 2. The maximum Gasteiger partial charge on any atom is 0.338 e. The molecule has 0 fully saturated rings. The Morgan fingerprint density at radius 1 is 1.05 bits per heavy atom. The molecule has 8 nitrogen and oxygen atoms in total. The SMILES string of the molecule is CCOC(=O)C1=C(C)N=c2s/c(=C/c3cc(C)n(-c4ccc(C(=O)OC)cc4)c3C)c(=O)n2[C@H]1c1ccc(SC)cc1. The predicted octanol–water partition coefficient (Wildman–Crippen LogP) is 4.71. The second kappa shape index (κ2) is 12.0. The Bertz CT molecular complexity index is 1890. The van der Waals surface area contributed by atoms with Crippen LogP contribution in [0.25, 0.3) is 11.8 Å². The van der Waals surface area contributed by atoms with Crippen LogP contribution in [0.5, 0.6) is 0 Å². The number of aryl methyl sites for hydroxylation is 1. The van der Waals surface area contributed by atoms with Crippen LogP contribution < -0.4 is 14.9 Å². The largest absolute Gasteiger partial charge is 0.465 e. The van der Waals surface area contributed by atoms with Crippen LogP contribution in [0.2, 0.25) is 0 Å². The van der Waals surface area contributed by atoms with Crippen molar-refractivity contribution in [2.45, 2.75) is 38.6 Å². The number of fused-ring (bicyclic) bond motifs is 1. The highest BCUT2D eigenvalue weighted by atomic mass is 32.2. The number of aromatic nitrogens is 2. The van der Waals surface area contributed by atoms with Gasteiger partial charge in [-0.15, -0.1) is 11.8 Å². The third kappa shape index (κ3) is 5.28. The summed E-state index contributed by atoms with van der Waals surface area (Å²) in [7, 11) is 1.36. The number of allylic oxidation sites excluding steroid dienone is 1. The van der Waals surface area contributed by atoms with Crippen molar-refractivity contribution in [3.63, 3.8) is 0 Å². The van der Waals surface area contributed by atoms with E-state index in [1.54, 1.807) is 42.3 Å². The summed E-state index contributed by atoms with van der Waals surface area (Å²) in [6, 6.07) is 16.4. The van der Waals surface area contributed by atoms with E-state index in [1.807, 2.05) is 68.6 Å². The number of esters is 2. The zero-order chi connectivity index (χ0) is 30.1. The van der Waals surface area contributed by atoms with Gasteiger partial charge in [-0.25, -0.2) is 14.6 Å². The van der Waals surface area contributed by atoms with Gasteiger partial charge in [-0.2, -0.15) is 0 Å². The number of carbonyl (C=O) groups excluding carboxylic acids is 2. The highest BCUT2D eigenvalue weighted by molar-refractivity contribution is 7.98. The number of hydrogen-bond acceptors (Lipinski definition) is 8. The Hall–Kier alpha value is -4.15. The fourth-order valence-corrected chi connectivity index (χ4v) is 6.68. The van der Waals surface area contributed by atoms with Crippen molar-refractivity contribution in [3.05, 3.63) is 114 Å². The Morgan fingerprint density at radius 3 is 2.36 bits per heavy atom. The van der Waals surface area contributed by atoms with Gasteiger partial charge >= 0.3 is 11.9 Å². The van der Waals surface area contributed by atoms with Gasteiger partial charge in [-0.05, 0) is 93.6 Å². The molecule has 0 aliphatic carbocycles. The monoisotopic (exact) mass is 601 g/mol. The van der Waals surface area contributed by atoms with Crippen LogP contribution in [0, 0.1) is 13.8 Å². The molecule has 0 spiro atoms. The van der Waals surface area contributed by atoms with Crippen LogP contribution in [0.1, 0.15) is 52.8 Å². The molecule has 5 rings (SSSR count). The molecule has 3 heterocycles. The lowest BCUT2D eigenvalue weighted by Gasteiger charge is -2.24. The Kier molecular flexibility index (Phi) is 8.38. The van der Waals surface area contributed by atoms with Crippen LogP contribution >= 0.6 is 23.1 Å². The lowest BCUT2D eigenvalue weighted by molar-refractivity contribution is -0.139. The number of methoxy groups -OCH3 is 1. The molecule has 0 radical (unpaired) electrons. The molecular weight excluding hydrogens is 571 g/mol. The number of carbonyl (C=O) groups is 2. The smallest absolute Gasteiger partial charge is 0.338 e. The molecule has 216 valence electrons. The normalized spacial score (nSPS) is 14.9. The highest BCUT2D eigenvalue weighted by Gasteiger charge is 2.33. The number of ether oxygens (including phenoxy) is 2. The van der Waals surface area contributed by atoms with Crippen molar-refractivity contribution >= 4 is 41.1 Å². The van der Waals surface area contributed by atoms with Gasteiger partial charge in [0, 0.05) is 22.0 Å². The molecule has 0 saturated heterocycles. The standard InChI is InChI=1S/C32H31N3O5S2/c1-7-40-31(38)27-19(3)33-32-35(28(27)21-10-14-25(41-6)15-11-21)29(36)26(42-32)17-23-16-18(2)34(20(23)4)24-12-8-22(9-13-24)30(37)39-5/h8-17,28H,7H2,1-6H3/b26-17+/t28-/m0/s1. The summed E-state index contributed by atoms with van der Waals surface area (Å²) in [4.78, 5) is 45.3. The fraction of sp³-hybridized carbons (Fsp3) is 0.250. The van der Waals surface area contributed by atoms with Gasteiger partial charge in [0.15, 0.2) is 4.80 Å². The summed E-state index contributed by atoms with van der Waals surface area (Å²) in [5.41, 5.74) is 5.65. The third-order valence-corrected chi connectivity index (χ3v) is 8.98. The molecule has 0 bridgehead atoms. The number of nitrogens with zero attached hydrogens (tertiary/aromatic N) is 3. The van der Waals surface area contributed by atoms with E-state index in [1.165, 1.54) is 18.4 Å². The zero-order valence-corrected chi connectivity index (χ0v) is 25.9. The Labute approximate surface area is 251 Å². The van der Waals surface area contributed by atoms with Crippen molar-refractivity contribution in [2.24, 2.45) is 4.99 Å². The van der Waals surface area contributed by atoms with Gasteiger partial charge in [0.2, 0.25) is 0 Å². The van der Waals surface area contributed by atoms with Crippen molar-refractivity contribution < 1.29 is 19.1 Å². The van der Waals surface area contributed by atoms with Crippen molar-refractivity contribution in [1.29, 1.82) is 0 Å². The van der Waals surface area contributed by atoms with Crippen molar-refractivity contribution in [1.82, 2.24) is 9.13 Å². The van der Waals surface area contributed by atoms with Crippen molar-refractivity contribution in [3.8, 4) is 5.69 Å². The molecule has 2 aromatic heterocycles. The molecule has 0 amide bonds. The van der Waals surface area contributed by atoms with Crippen LogP contribution in [0.15, 0.2) is 80.5 Å². The van der Waals surface area contributed by atoms with E-state index >= 15 is 0 Å². The molecular formula is C32H31N3O5S2. The maximum atomic E-state index is 14.0. The maximum absolute atomic E-state index is 14.0. The average molecular weight is 602 g/mol. The number of hydrogen-bond donors (Lipinski definition) is 0. The van der Waals surface area contributed by atoms with Gasteiger partial charge in [0.05, 0.1) is 41.1 Å². The first-order valence-electron chi connectivity index (χ1n) is 13.4. The van der Waals surface area contributed by atoms with Crippen LogP contribution in [0.4, 0.5) is 0 Å². The second-order valence-corrected chi connectivity index (χ2v) is 11.7. The van der Waals surface area contributed by atoms with Gasteiger partial charge in [-0.3, -0.25) is 9.36 Å². The van der Waals surface area contributed by atoms with Crippen LogP contribution in [-0.4, -0.2) is 41.0 Å². The van der Waals surface area contributed by atoms with E-state index in [0.29, 0.717) is 26.2 Å². The summed E-state index contributed by atoms with van der Waals surface area (Å²) < 4.78 is 14.4. The first-order chi connectivity index (χ1) is 20.2. The molecule has 42 heavy (non-hydrogen) atoms. The van der Waals surface area contributed by atoms with Gasteiger partial charge in [-0.1, -0.05) is 23.5 Å². The molecule has 2 aromatic carbocycles. The van der Waals surface area contributed by atoms with Gasteiger partial charge < -0.3 is 14.0 Å². The number of rotatable bonds is 7. The second-order valence-electron chi connectivity index (χ2n) is 9.78. The number of thioether (sulfide) groups is 1. The van der Waals surface area contributed by atoms with Crippen molar-refractivity contribution in [2.75, 3.05) is 20.0 Å². The zero-order valence-electron chi connectivity index (χ0n) is 24.3. The molecule has 0 unspecified atom stereocenters. The summed E-state index contributed by atoms with van der Waals surface area (Å²) in [6.07, 6.45) is 3.88. The third-order valence-electron chi connectivity index (χ3n) is 7.25. The van der Waals surface area contributed by atoms with E-state index in [-0.39, 0.29) is 12.2 Å². The first kappa shape index (κ1) is 29.3. The molecule has 4 aromatic rings. The first-order valence-corrected chi connectivity index (χ1v) is 15.4. The minimum Gasteiger partial charge on any atom is -0.465 e. The van der Waals surface area contributed by atoms with E-state index < -0.39 is 18.0 Å². The average Bonchev–Trinajstić information content (AvgIpc) is 3.45. The fourth-order valence-electron chi connectivity index (χ4n) is 5.23. The molecule has 10 heteroatoms. The molecule has 1 aliphatic heterocycles. The predicted molar refractivity (Wildman–Crippen MR) is 165 cm³/mol. The minimum atomic E-state index is -0.654. The quantitative estimate of drug-likeness (QED) is 0.225. The van der Waals surface area contributed by atoms with Gasteiger partial charge in [0.25, 0.3) is 5.56 Å². The Morgan fingerprint density at radius 2 is 1.74 bits per heavy atom. The number of thiazole rings is 1. The topological polar surface area (TPSA) is 91.9 Å². The summed E-state index contributed by atoms with van der Waals surface area (Å²) in [5, 5.41) is 0. The summed E-state index contributed by atoms with van der Waals surface area (Å²) >= 11 is 2.92. The lowest BCUT2D eigenvalue weighted by Crippen LogP contribution is -2.39. The summed E-state index contributed by atoms with van der Waals surface area (Å²) in [5.74, 6) is -0.868. The lowest BCUT2D eigenvalue weighted by atomic mass is 9.96. The molecule has 1 atom stereocenters. The minimum absolute atomic E-state index is 0.221. The Balaban J connectivity index is 1.63. The highest BCUT2D eigenvalue weighted by Crippen LogP contribution is 2.32. The van der Waals surface area contributed by atoms with Crippen LogP contribution in [-0.2, 0) is 14.3 Å². The summed E-state index contributed by atoms with van der Waals surface area (Å²) in [6.45, 7) is 7.75. The van der Waals surface area contributed by atoms with E-state index in [4.69, 9.17) is 9.47 Å². The van der Waals surface area contributed by atoms with E-state index in [2.05, 4.69) is 9.56 Å².